The second-order valence-corrected chi connectivity index (χ2v) is 8.77. The van der Waals surface area contributed by atoms with Gasteiger partial charge in [0.25, 0.3) is 22.6 Å². The summed E-state index contributed by atoms with van der Waals surface area (Å²) in [7, 11) is -10.7. The first-order valence-electron chi connectivity index (χ1n) is 6.98. The molecule has 0 atom stereocenters. The molecule has 0 bridgehead atoms. The van der Waals surface area contributed by atoms with E-state index in [0.29, 0.717) is 5.92 Å². The fourth-order valence-electron chi connectivity index (χ4n) is 1.93. The van der Waals surface area contributed by atoms with E-state index in [-0.39, 0.29) is 0 Å². The molecular weight excluding hydrogens is 464 g/mol. The summed E-state index contributed by atoms with van der Waals surface area (Å²) in [6.45, 7) is 6.63. The summed E-state index contributed by atoms with van der Waals surface area (Å²) in [6, 6.07) is 15.5. The molecule has 0 heterocycles. The molecule has 0 fully saturated rings. The van der Waals surface area contributed by atoms with E-state index in [0.717, 1.165) is 0 Å². The van der Waals surface area contributed by atoms with Gasteiger partial charge >= 0.3 is 33.0 Å². The van der Waals surface area contributed by atoms with Crippen LogP contribution in [0.25, 0.3) is 11.1 Å². The maximum absolute atomic E-state index is 10.7. The van der Waals surface area contributed by atoms with Gasteiger partial charge in [0.2, 0.25) is 0 Å². The number of hydrogen-bond donors (Lipinski definition) is 0. The fraction of sp³-hybridized carbons (Fsp3) is 0.250. The zero-order valence-corrected chi connectivity index (χ0v) is 16.5. The molecule has 2 aromatic rings. The summed E-state index contributed by atoms with van der Waals surface area (Å²) in [5.41, 5.74) is 5.43. The molecule has 0 aromatic heterocycles. The molecule has 8 heteroatoms. The quantitative estimate of drug-likeness (QED) is 0.333. The van der Waals surface area contributed by atoms with Gasteiger partial charge in [0.15, 0.2) is 3.57 Å². The zero-order chi connectivity index (χ0) is 18.8. The molecule has 0 spiro atoms. The van der Waals surface area contributed by atoms with Crippen LogP contribution in [0.5, 0.6) is 0 Å². The predicted molar refractivity (Wildman–Crippen MR) is 84.4 cm³/mol. The number of aryl methyl sites for hydroxylation is 1. The van der Waals surface area contributed by atoms with E-state index in [9.17, 15) is 25.2 Å². The average Bonchev–Trinajstić information content (AvgIpc) is 2.38. The summed E-state index contributed by atoms with van der Waals surface area (Å²) in [4.78, 5) is 0. The van der Waals surface area contributed by atoms with E-state index in [1.807, 2.05) is 0 Å². The van der Waals surface area contributed by atoms with Crippen LogP contribution in [0.15, 0.2) is 42.5 Å². The first-order valence-corrected chi connectivity index (χ1v) is 10.2. The number of rotatable bonds is 2. The predicted octanol–water partition coefficient (Wildman–Crippen LogP) is 4.62. The van der Waals surface area contributed by atoms with Crippen LogP contribution < -0.4 is 22.6 Å². The standard InChI is InChI=1S/C16H18I.F6P/c1-11(2)13-7-9-14(10-8-13)15-6-4-5-12(3)16(15)17;1-7(2,3,4,5)6/h4-11,17H,1-3H3;/q+1;-1. The van der Waals surface area contributed by atoms with Gasteiger partial charge in [-0.3, -0.25) is 0 Å². The Labute approximate surface area is 150 Å². The van der Waals surface area contributed by atoms with Gasteiger partial charge in [0.1, 0.15) is 0 Å². The molecule has 0 aliphatic heterocycles. The fourth-order valence-corrected chi connectivity index (χ4v) is 2.65. The van der Waals surface area contributed by atoms with Gasteiger partial charge in [0, 0.05) is 11.1 Å². The topological polar surface area (TPSA) is 0 Å². The van der Waals surface area contributed by atoms with Crippen LogP contribution in [-0.4, -0.2) is 0 Å². The Morgan fingerprint density at radius 2 is 1.29 bits per heavy atom. The number of hydrogen-bond acceptors (Lipinski definition) is 0. The van der Waals surface area contributed by atoms with Crippen molar-refractivity contribution >= 4 is 7.81 Å². The van der Waals surface area contributed by atoms with E-state index in [4.69, 9.17) is 0 Å². The minimum atomic E-state index is -10.7. The summed E-state index contributed by atoms with van der Waals surface area (Å²) in [5.74, 6) is 0.600. The van der Waals surface area contributed by atoms with E-state index in [2.05, 4.69) is 85.8 Å². The summed E-state index contributed by atoms with van der Waals surface area (Å²) < 4.78 is 60.6. The Morgan fingerprint density at radius 3 is 1.71 bits per heavy atom. The molecular formula is C16H18F6IP. The monoisotopic (exact) mass is 482 g/mol. The van der Waals surface area contributed by atoms with E-state index >= 15 is 0 Å². The molecule has 0 amide bonds. The van der Waals surface area contributed by atoms with Crippen molar-refractivity contribution < 1.29 is 47.8 Å². The Balaban J connectivity index is 0.000000351. The van der Waals surface area contributed by atoms with Gasteiger partial charge in [-0.2, -0.15) is 0 Å². The van der Waals surface area contributed by atoms with Crippen LogP contribution in [0.1, 0.15) is 30.9 Å². The third kappa shape index (κ3) is 8.87. The molecule has 0 nitrogen and oxygen atoms in total. The molecule has 24 heavy (non-hydrogen) atoms. The Bertz CT molecular complexity index is 694. The molecule has 2 rings (SSSR count). The van der Waals surface area contributed by atoms with Crippen molar-refractivity contribution in [3.63, 3.8) is 0 Å². The van der Waals surface area contributed by atoms with Crippen molar-refractivity contribution in [2.24, 2.45) is 0 Å². The van der Waals surface area contributed by atoms with Crippen LogP contribution in [0.4, 0.5) is 25.2 Å². The maximum atomic E-state index is 9.87. The van der Waals surface area contributed by atoms with Gasteiger partial charge in [-0.15, -0.1) is 0 Å². The summed E-state index contributed by atoms with van der Waals surface area (Å²) in [6.07, 6.45) is 0. The van der Waals surface area contributed by atoms with Crippen molar-refractivity contribution in [3.05, 3.63) is 57.2 Å². The molecule has 0 saturated carbocycles. The molecule has 0 aliphatic carbocycles. The molecule has 0 N–H and O–H groups in total. The molecule has 0 radical (unpaired) electrons. The van der Waals surface area contributed by atoms with Crippen molar-refractivity contribution in [3.8, 4) is 11.1 Å². The zero-order valence-electron chi connectivity index (χ0n) is 13.2. The Hall–Kier alpha value is -0.820. The van der Waals surface area contributed by atoms with Gasteiger partial charge in [-0.1, -0.05) is 50.2 Å². The molecule has 0 saturated heterocycles. The van der Waals surface area contributed by atoms with Gasteiger partial charge in [-0.25, -0.2) is 0 Å². The molecule has 2 aromatic carbocycles. The Kier molecular flexibility index (Phi) is 5.73. The van der Waals surface area contributed by atoms with Crippen molar-refractivity contribution in [2.45, 2.75) is 26.7 Å². The number of benzene rings is 2. The van der Waals surface area contributed by atoms with Crippen molar-refractivity contribution in [2.75, 3.05) is 0 Å². The first kappa shape index (κ1) is 21.2. The van der Waals surface area contributed by atoms with Gasteiger partial charge in [0.05, 0.1) is 0 Å². The second-order valence-electron chi connectivity index (χ2n) is 5.69. The van der Waals surface area contributed by atoms with Crippen LogP contribution in [-0.2, 0) is 0 Å². The minimum absolute atomic E-state index is 0.600. The van der Waals surface area contributed by atoms with Crippen LogP contribution in [0.3, 0.4) is 0 Å². The van der Waals surface area contributed by atoms with Gasteiger partial charge < -0.3 is 0 Å². The van der Waals surface area contributed by atoms with Gasteiger partial charge in [-0.05, 0) is 30.0 Å². The van der Waals surface area contributed by atoms with Crippen LogP contribution in [0, 0.1) is 10.5 Å². The second kappa shape index (κ2) is 6.48. The van der Waals surface area contributed by atoms with Crippen molar-refractivity contribution in [1.29, 1.82) is 0 Å². The molecule has 0 aliphatic rings. The Morgan fingerprint density at radius 1 is 0.833 bits per heavy atom. The normalized spacial score (nSPS) is 14.5. The number of halogens is 7. The van der Waals surface area contributed by atoms with Crippen LogP contribution >= 0.6 is 7.81 Å². The average molecular weight is 482 g/mol. The van der Waals surface area contributed by atoms with E-state index in [1.54, 1.807) is 0 Å². The van der Waals surface area contributed by atoms with Crippen LogP contribution in [0.2, 0.25) is 0 Å². The molecule has 136 valence electrons. The van der Waals surface area contributed by atoms with Crippen molar-refractivity contribution in [1.82, 2.24) is 0 Å². The summed E-state index contributed by atoms with van der Waals surface area (Å²) >= 11 is 2.12. The van der Waals surface area contributed by atoms with E-state index < -0.39 is 7.81 Å². The first-order chi connectivity index (χ1) is 10.5. The SMILES string of the molecule is Cc1cccc(-c2ccc(C(C)C)cc2)c1[IH+].F[P-](F)(F)(F)(F)F. The third-order valence-corrected chi connectivity index (χ3v) is 4.65. The molecule has 0 unspecified atom stereocenters. The summed E-state index contributed by atoms with van der Waals surface area (Å²) in [5, 5.41) is 0. The third-order valence-electron chi connectivity index (χ3n) is 3.10. The van der Waals surface area contributed by atoms with E-state index in [1.165, 1.54) is 25.8 Å².